The standard InChI is InChI=1S/C22H16ClFN2OS/c23-15-9-7-14(8-10-15)20-25-21-19(17-5-2-6-18(17)28-21)22(27)26(20)12-13-3-1-4-16(24)11-13/h1,3-4,7-11H,2,5-6,12H2. The van der Waals surface area contributed by atoms with Gasteiger partial charge < -0.3 is 0 Å². The van der Waals surface area contributed by atoms with Gasteiger partial charge in [-0.1, -0.05) is 23.7 Å². The van der Waals surface area contributed by atoms with Gasteiger partial charge in [0, 0.05) is 15.5 Å². The lowest BCUT2D eigenvalue weighted by molar-refractivity contribution is 0.623. The van der Waals surface area contributed by atoms with Crippen molar-refractivity contribution in [3.05, 3.63) is 85.7 Å². The van der Waals surface area contributed by atoms with E-state index in [1.165, 1.54) is 17.0 Å². The molecule has 2 aromatic carbocycles. The number of hydrogen-bond donors (Lipinski definition) is 0. The highest BCUT2D eigenvalue weighted by Crippen LogP contribution is 2.36. The lowest BCUT2D eigenvalue weighted by atomic mass is 10.1. The Balaban J connectivity index is 1.76. The van der Waals surface area contributed by atoms with Gasteiger partial charge in [0.2, 0.25) is 0 Å². The first-order valence-corrected chi connectivity index (χ1v) is 10.3. The summed E-state index contributed by atoms with van der Waals surface area (Å²) in [6, 6.07) is 13.6. The quantitative estimate of drug-likeness (QED) is 0.450. The number of fused-ring (bicyclic) bond motifs is 3. The van der Waals surface area contributed by atoms with Gasteiger partial charge in [0.05, 0.1) is 11.9 Å². The first-order valence-electron chi connectivity index (χ1n) is 9.15. The molecule has 1 aliphatic carbocycles. The molecule has 0 N–H and O–H groups in total. The van der Waals surface area contributed by atoms with Crippen molar-refractivity contribution in [3.8, 4) is 11.4 Å². The average Bonchev–Trinajstić information content (AvgIpc) is 3.25. The minimum atomic E-state index is -0.316. The molecule has 0 spiro atoms. The predicted octanol–water partition coefficient (Wildman–Crippen LogP) is 5.45. The van der Waals surface area contributed by atoms with Crippen LogP contribution in [0.2, 0.25) is 5.02 Å². The van der Waals surface area contributed by atoms with E-state index in [2.05, 4.69) is 0 Å². The molecule has 0 fully saturated rings. The van der Waals surface area contributed by atoms with E-state index in [-0.39, 0.29) is 17.9 Å². The average molecular weight is 411 g/mol. The van der Waals surface area contributed by atoms with E-state index in [1.807, 2.05) is 18.2 Å². The van der Waals surface area contributed by atoms with Gasteiger partial charge >= 0.3 is 0 Å². The molecule has 2 heterocycles. The minimum Gasteiger partial charge on any atom is -0.288 e. The van der Waals surface area contributed by atoms with Crippen LogP contribution in [-0.2, 0) is 19.4 Å². The zero-order valence-corrected chi connectivity index (χ0v) is 16.5. The second-order valence-electron chi connectivity index (χ2n) is 7.00. The Labute approximate surface area is 170 Å². The Morgan fingerprint density at radius 1 is 1.14 bits per heavy atom. The van der Waals surface area contributed by atoms with Gasteiger partial charge in [-0.2, -0.15) is 0 Å². The zero-order chi connectivity index (χ0) is 19.3. The van der Waals surface area contributed by atoms with Gasteiger partial charge in [-0.15, -0.1) is 11.3 Å². The summed E-state index contributed by atoms with van der Waals surface area (Å²) >= 11 is 7.65. The maximum atomic E-state index is 13.7. The van der Waals surface area contributed by atoms with E-state index in [9.17, 15) is 9.18 Å². The molecule has 28 heavy (non-hydrogen) atoms. The number of aromatic nitrogens is 2. The molecule has 2 aromatic heterocycles. The number of nitrogens with zero attached hydrogens (tertiary/aromatic N) is 2. The summed E-state index contributed by atoms with van der Waals surface area (Å²) < 4.78 is 15.4. The van der Waals surface area contributed by atoms with Gasteiger partial charge in [-0.3, -0.25) is 9.36 Å². The SMILES string of the molecule is O=c1c2c3c(sc2nc(-c2ccc(Cl)cc2)n1Cc1cccc(F)c1)CCC3. The lowest BCUT2D eigenvalue weighted by Crippen LogP contribution is -2.24. The van der Waals surface area contributed by atoms with Crippen molar-refractivity contribution in [1.82, 2.24) is 9.55 Å². The van der Waals surface area contributed by atoms with E-state index in [0.29, 0.717) is 10.8 Å². The van der Waals surface area contributed by atoms with E-state index >= 15 is 0 Å². The smallest absolute Gasteiger partial charge is 0.263 e. The molecular weight excluding hydrogens is 395 g/mol. The van der Waals surface area contributed by atoms with Gasteiger partial charge in [-0.25, -0.2) is 9.37 Å². The second-order valence-corrected chi connectivity index (χ2v) is 8.52. The molecular formula is C22H16ClFN2OS. The van der Waals surface area contributed by atoms with Crippen LogP contribution in [0, 0.1) is 5.82 Å². The summed E-state index contributed by atoms with van der Waals surface area (Å²) in [5.41, 5.74) is 2.63. The monoisotopic (exact) mass is 410 g/mol. The fraction of sp³-hybridized carbons (Fsp3) is 0.182. The highest BCUT2D eigenvalue weighted by Gasteiger charge is 2.23. The van der Waals surface area contributed by atoms with Gasteiger partial charge in [0.1, 0.15) is 16.5 Å². The van der Waals surface area contributed by atoms with Crippen LogP contribution in [0.5, 0.6) is 0 Å². The Bertz CT molecular complexity index is 1260. The molecule has 1 aliphatic rings. The maximum absolute atomic E-state index is 13.7. The number of rotatable bonds is 3. The van der Waals surface area contributed by atoms with E-state index in [4.69, 9.17) is 16.6 Å². The third-order valence-electron chi connectivity index (χ3n) is 5.16. The van der Waals surface area contributed by atoms with E-state index in [0.717, 1.165) is 46.2 Å². The maximum Gasteiger partial charge on any atom is 0.263 e. The summed E-state index contributed by atoms with van der Waals surface area (Å²) in [4.78, 5) is 20.4. The number of thiophene rings is 1. The van der Waals surface area contributed by atoms with Gasteiger partial charge in [0.15, 0.2) is 0 Å². The van der Waals surface area contributed by atoms with Gasteiger partial charge in [0.25, 0.3) is 5.56 Å². The molecule has 3 nitrogen and oxygen atoms in total. The van der Waals surface area contributed by atoms with Crippen LogP contribution in [0.1, 0.15) is 22.4 Å². The first kappa shape index (κ1) is 17.6. The number of benzene rings is 2. The fourth-order valence-corrected chi connectivity index (χ4v) is 5.24. The Morgan fingerprint density at radius 2 is 1.96 bits per heavy atom. The van der Waals surface area contributed by atoms with Crippen LogP contribution < -0.4 is 5.56 Å². The largest absolute Gasteiger partial charge is 0.288 e. The predicted molar refractivity (Wildman–Crippen MR) is 112 cm³/mol. The van der Waals surface area contributed by atoms with Crippen molar-refractivity contribution >= 4 is 33.2 Å². The molecule has 0 saturated heterocycles. The first-order chi connectivity index (χ1) is 13.6. The van der Waals surface area contributed by atoms with Crippen LogP contribution in [-0.4, -0.2) is 9.55 Å². The Hall–Kier alpha value is -2.50. The third kappa shape index (κ3) is 2.95. The highest BCUT2D eigenvalue weighted by molar-refractivity contribution is 7.18. The molecule has 4 aromatic rings. The molecule has 5 rings (SSSR count). The van der Waals surface area contributed by atoms with Crippen molar-refractivity contribution in [2.75, 3.05) is 0 Å². The van der Waals surface area contributed by atoms with Crippen molar-refractivity contribution in [3.63, 3.8) is 0 Å². The summed E-state index contributed by atoms with van der Waals surface area (Å²) in [5.74, 6) is 0.266. The summed E-state index contributed by atoms with van der Waals surface area (Å²) in [7, 11) is 0. The Morgan fingerprint density at radius 3 is 2.75 bits per heavy atom. The van der Waals surface area contributed by atoms with Crippen molar-refractivity contribution in [2.24, 2.45) is 0 Å². The molecule has 0 unspecified atom stereocenters. The second kappa shape index (κ2) is 6.83. The van der Waals surface area contributed by atoms with E-state index in [1.54, 1.807) is 34.1 Å². The molecule has 0 aliphatic heterocycles. The van der Waals surface area contributed by atoms with Crippen LogP contribution >= 0.6 is 22.9 Å². The van der Waals surface area contributed by atoms with Crippen LogP contribution in [0.15, 0.2) is 53.3 Å². The minimum absolute atomic E-state index is 0.0568. The molecule has 0 radical (unpaired) electrons. The molecule has 0 amide bonds. The van der Waals surface area contributed by atoms with Gasteiger partial charge in [-0.05, 0) is 66.8 Å². The summed E-state index contributed by atoms with van der Waals surface area (Å²) in [6.07, 6.45) is 3.02. The normalized spacial score (nSPS) is 13.2. The zero-order valence-electron chi connectivity index (χ0n) is 14.9. The van der Waals surface area contributed by atoms with Crippen LogP contribution in [0.4, 0.5) is 4.39 Å². The third-order valence-corrected chi connectivity index (χ3v) is 6.59. The number of halogens is 2. The molecule has 0 bridgehead atoms. The number of aryl methyl sites for hydroxylation is 2. The van der Waals surface area contributed by atoms with Crippen molar-refractivity contribution < 1.29 is 4.39 Å². The lowest BCUT2D eigenvalue weighted by Gasteiger charge is -2.13. The summed E-state index contributed by atoms with van der Waals surface area (Å²) in [6.45, 7) is 0.266. The topological polar surface area (TPSA) is 34.9 Å². The highest BCUT2D eigenvalue weighted by atomic mass is 35.5. The van der Waals surface area contributed by atoms with Crippen molar-refractivity contribution in [1.29, 1.82) is 0 Å². The fourth-order valence-electron chi connectivity index (χ4n) is 3.86. The van der Waals surface area contributed by atoms with Crippen molar-refractivity contribution in [2.45, 2.75) is 25.8 Å². The molecule has 140 valence electrons. The summed E-state index contributed by atoms with van der Waals surface area (Å²) in [5, 5.41) is 1.35. The number of hydrogen-bond acceptors (Lipinski definition) is 3. The van der Waals surface area contributed by atoms with E-state index < -0.39 is 0 Å². The molecule has 0 atom stereocenters. The molecule has 0 saturated carbocycles. The van der Waals surface area contributed by atoms with Crippen LogP contribution in [0.3, 0.4) is 0 Å². The Kier molecular flexibility index (Phi) is 4.29. The molecule has 6 heteroatoms. The van der Waals surface area contributed by atoms with Crippen LogP contribution in [0.25, 0.3) is 21.6 Å².